The van der Waals surface area contributed by atoms with Crippen LogP contribution in [0, 0.1) is 0 Å². The molecule has 0 spiro atoms. The zero-order valence-corrected chi connectivity index (χ0v) is 20.0. The van der Waals surface area contributed by atoms with Crippen molar-refractivity contribution in [3.63, 3.8) is 0 Å². The Morgan fingerprint density at radius 3 is 2.62 bits per heavy atom. The number of ether oxygens (including phenoxy) is 2. The van der Waals surface area contributed by atoms with Crippen LogP contribution < -0.4 is 5.32 Å². The number of halogens is 2. The van der Waals surface area contributed by atoms with E-state index in [1.54, 1.807) is 19.1 Å². The van der Waals surface area contributed by atoms with Crippen molar-refractivity contribution in [1.29, 1.82) is 0 Å². The van der Waals surface area contributed by atoms with Crippen LogP contribution in [0.1, 0.15) is 45.1 Å². The number of hydrogen-bond acceptors (Lipinski definition) is 8. The van der Waals surface area contributed by atoms with Crippen molar-refractivity contribution in [2.24, 2.45) is 0 Å². The van der Waals surface area contributed by atoms with Gasteiger partial charge in [0.1, 0.15) is 12.4 Å². The summed E-state index contributed by atoms with van der Waals surface area (Å²) in [6, 6.07) is 5.29. The fourth-order valence-corrected chi connectivity index (χ4v) is 4.06. The first-order valence-electron chi connectivity index (χ1n) is 10.3. The topological polar surface area (TPSA) is 89.7 Å². The summed E-state index contributed by atoms with van der Waals surface area (Å²) in [5, 5.41) is 11.8. The Kier molecular flexibility index (Phi) is 8.17. The molecule has 0 aliphatic carbocycles. The average Bonchev–Trinajstić information content (AvgIpc) is 3.29. The van der Waals surface area contributed by atoms with Crippen LogP contribution in [0.2, 0.25) is 10.0 Å². The summed E-state index contributed by atoms with van der Waals surface area (Å²) >= 11 is 12.8. The molecule has 8 nitrogen and oxygen atoms in total. The molecular weight excluding hydrogens is 455 g/mol. The van der Waals surface area contributed by atoms with Gasteiger partial charge < -0.3 is 24.1 Å². The first-order valence-corrected chi connectivity index (χ1v) is 11.1. The van der Waals surface area contributed by atoms with Gasteiger partial charge in [-0.2, -0.15) is 0 Å². The SMILES string of the molecule is CCN(CC)CCOC(=O)OC1=C(C)NC(C)=C(c2nnco2)C1c1cccc(Cl)c1Cl. The van der Waals surface area contributed by atoms with E-state index in [4.69, 9.17) is 37.1 Å². The number of likely N-dealkylation sites (N-methyl/N-ethyl adjacent to an activating group) is 1. The van der Waals surface area contributed by atoms with Crippen LogP contribution in [0.15, 0.2) is 46.2 Å². The lowest BCUT2D eigenvalue weighted by molar-refractivity contribution is 0.0653. The first kappa shape index (κ1) is 24.1. The average molecular weight is 481 g/mol. The maximum atomic E-state index is 12.6. The second kappa shape index (κ2) is 10.8. The molecule has 1 aliphatic heterocycles. The smallest absolute Gasteiger partial charge is 0.433 e. The molecule has 0 fully saturated rings. The summed E-state index contributed by atoms with van der Waals surface area (Å²) < 4.78 is 16.5. The normalized spacial score (nSPS) is 16.4. The van der Waals surface area contributed by atoms with E-state index in [2.05, 4.69) is 34.3 Å². The number of aromatic nitrogens is 2. The molecule has 2 aromatic rings. The zero-order valence-electron chi connectivity index (χ0n) is 18.4. The van der Waals surface area contributed by atoms with Gasteiger partial charge in [0.05, 0.1) is 27.2 Å². The van der Waals surface area contributed by atoms with Crippen molar-refractivity contribution in [2.75, 3.05) is 26.2 Å². The van der Waals surface area contributed by atoms with E-state index >= 15 is 0 Å². The number of dihydropyridines is 1. The molecule has 1 aromatic heterocycles. The van der Waals surface area contributed by atoms with Crippen LogP contribution in [0.4, 0.5) is 4.79 Å². The number of carbonyl (C=O) groups excluding carboxylic acids is 1. The van der Waals surface area contributed by atoms with Gasteiger partial charge in [0.15, 0.2) is 0 Å². The van der Waals surface area contributed by atoms with E-state index in [1.807, 2.05) is 13.0 Å². The summed E-state index contributed by atoms with van der Waals surface area (Å²) in [6.07, 6.45) is 0.431. The van der Waals surface area contributed by atoms with Gasteiger partial charge in [-0.15, -0.1) is 10.2 Å². The first-order chi connectivity index (χ1) is 15.4. The van der Waals surface area contributed by atoms with Crippen molar-refractivity contribution < 1.29 is 18.7 Å². The van der Waals surface area contributed by atoms with Crippen molar-refractivity contribution in [3.05, 3.63) is 63.2 Å². The minimum absolute atomic E-state index is 0.217. The summed E-state index contributed by atoms with van der Waals surface area (Å²) in [4.78, 5) is 14.7. The highest BCUT2D eigenvalue weighted by molar-refractivity contribution is 6.42. The molecule has 1 aromatic carbocycles. The number of rotatable bonds is 8. The Bertz CT molecular complexity index is 1020. The van der Waals surface area contributed by atoms with Crippen molar-refractivity contribution >= 4 is 34.9 Å². The standard InChI is InChI=1S/C22H26Cl2N4O4/c1-5-28(6-2)10-11-30-22(29)32-20-14(4)26-13(3)17(21-27-25-12-31-21)18(20)15-8-7-9-16(23)19(15)24/h7-9,12,18,26H,5-6,10-11H2,1-4H3. The summed E-state index contributed by atoms with van der Waals surface area (Å²) in [7, 11) is 0. The lowest BCUT2D eigenvalue weighted by atomic mass is 9.85. The fraction of sp³-hybridized carbons (Fsp3) is 0.409. The molecule has 1 atom stereocenters. The van der Waals surface area contributed by atoms with Gasteiger partial charge in [-0.25, -0.2) is 4.79 Å². The van der Waals surface area contributed by atoms with E-state index < -0.39 is 12.1 Å². The second-order valence-corrected chi connectivity index (χ2v) is 7.99. The number of hydrogen-bond donors (Lipinski definition) is 1. The van der Waals surface area contributed by atoms with Crippen LogP contribution in [0.25, 0.3) is 5.57 Å². The Morgan fingerprint density at radius 1 is 1.22 bits per heavy atom. The van der Waals surface area contributed by atoms with Gasteiger partial charge in [-0.3, -0.25) is 0 Å². The predicted octanol–water partition coefficient (Wildman–Crippen LogP) is 5.22. The third-order valence-corrected chi connectivity index (χ3v) is 6.13. The molecule has 10 heteroatoms. The van der Waals surface area contributed by atoms with Crippen LogP contribution >= 0.6 is 23.2 Å². The van der Waals surface area contributed by atoms with Crippen LogP contribution in [-0.4, -0.2) is 47.5 Å². The molecule has 1 aliphatic rings. The van der Waals surface area contributed by atoms with Crippen molar-refractivity contribution in [2.45, 2.75) is 33.6 Å². The summed E-state index contributed by atoms with van der Waals surface area (Å²) in [5.74, 6) is -0.0152. The predicted molar refractivity (Wildman–Crippen MR) is 122 cm³/mol. The molecule has 1 unspecified atom stereocenters. The lowest BCUT2D eigenvalue weighted by Crippen LogP contribution is -2.29. The Labute approximate surface area is 197 Å². The van der Waals surface area contributed by atoms with E-state index in [1.165, 1.54) is 6.39 Å². The Hall–Kier alpha value is -2.55. The molecule has 0 radical (unpaired) electrons. The monoisotopic (exact) mass is 480 g/mol. The third kappa shape index (κ3) is 5.26. The Morgan fingerprint density at radius 2 is 1.97 bits per heavy atom. The quantitative estimate of drug-likeness (QED) is 0.514. The molecule has 1 N–H and O–H groups in total. The molecule has 0 amide bonds. The molecule has 2 heterocycles. The summed E-state index contributed by atoms with van der Waals surface area (Å²) in [6.45, 7) is 10.4. The lowest BCUT2D eigenvalue weighted by Gasteiger charge is -2.30. The molecule has 0 saturated carbocycles. The van der Waals surface area contributed by atoms with Gasteiger partial charge in [0.25, 0.3) is 0 Å². The summed E-state index contributed by atoms with van der Waals surface area (Å²) in [5.41, 5.74) is 2.66. The van der Waals surface area contributed by atoms with E-state index in [9.17, 15) is 4.79 Å². The second-order valence-electron chi connectivity index (χ2n) is 7.20. The molecule has 0 bridgehead atoms. The third-order valence-electron chi connectivity index (χ3n) is 5.30. The highest BCUT2D eigenvalue weighted by Crippen LogP contribution is 2.46. The largest absolute Gasteiger partial charge is 0.513 e. The van der Waals surface area contributed by atoms with Crippen molar-refractivity contribution in [3.8, 4) is 0 Å². The van der Waals surface area contributed by atoms with Gasteiger partial charge in [0.2, 0.25) is 12.3 Å². The van der Waals surface area contributed by atoms with Gasteiger partial charge in [0, 0.05) is 12.2 Å². The molecule has 0 saturated heterocycles. The molecule has 3 rings (SSSR count). The number of carbonyl (C=O) groups is 1. The van der Waals surface area contributed by atoms with E-state index in [-0.39, 0.29) is 12.5 Å². The minimum Gasteiger partial charge on any atom is -0.433 e. The fourth-order valence-electron chi connectivity index (χ4n) is 3.64. The number of nitrogens with one attached hydrogen (secondary N) is 1. The number of allylic oxidation sites excluding steroid dienone is 3. The maximum Gasteiger partial charge on any atom is 0.513 e. The Balaban J connectivity index is 1.93. The number of benzene rings is 1. The van der Waals surface area contributed by atoms with Gasteiger partial charge >= 0.3 is 6.16 Å². The van der Waals surface area contributed by atoms with Crippen LogP contribution in [0.5, 0.6) is 0 Å². The maximum absolute atomic E-state index is 12.6. The van der Waals surface area contributed by atoms with Gasteiger partial charge in [-0.1, -0.05) is 49.2 Å². The van der Waals surface area contributed by atoms with Gasteiger partial charge in [-0.05, 0) is 38.6 Å². The van der Waals surface area contributed by atoms with Crippen LogP contribution in [0.3, 0.4) is 0 Å². The zero-order chi connectivity index (χ0) is 23.3. The van der Waals surface area contributed by atoms with Crippen molar-refractivity contribution in [1.82, 2.24) is 20.4 Å². The van der Waals surface area contributed by atoms with Crippen LogP contribution in [-0.2, 0) is 9.47 Å². The van der Waals surface area contributed by atoms with E-state index in [0.717, 1.165) is 18.8 Å². The minimum atomic E-state index is -0.805. The molecule has 32 heavy (non-hydrogen) atoms. The van der Waals surface area contributed by atoms with E-state index in [0.29, 0.717) is 39.2 Å². The number of nitrogens with zero attached hydrogens (tertiary/aromatic N) is 3. The highest BCUT2D eigenvalue weighted by atomic mass is 35.5. The highest BCUT2D eigenvalue weighted by Gasteiger charge is 2.37. The molecular formula is C22H26Cl2N4O4. The molecule has 172 valence electrons.